The third-order valence-electron chi connectivity index (χ3n) is 4.42. The van der Waals surface area contributed by atoms with Crippen molar-refractivity contribution in [1.82, 2.24) is 10.2 Å². The Morgan fingerprint density at radius 2 is 1.90 bits per heavy atom. The maximum atomic E-state index is 12.2. The van der Waals surface area contributed by atoms with Crippen LogP contribution in [-0.2, 0) is 16.4 Å². The topological polar surface area (TPSA) is 71.0 Å². The molecule has 0 bridgehead atoms. The lowest BCUT2D eigenvalue weighted by Gasteiger charge is -2.39. The Morgan fingerprint density at radius 1 is 1.28 bits per heavy atom. The van der Waals surface area contributed by atoms with Crippen molar-refractivity contribution in [3.63, 3.8) is 0 Å². The zero-order valence-electron chi connectivity index (χ0n) is 16.6. The van der Waals surface area contributed by atoms with E-state index in [1.165, 1.54) is 12.1 Å². The Labute approximate surface area is 186 Å². The number of ether oxygens (including phenoxy) is 1. The molecule has 2 rings (SSSR count). The molecule has 1 heterocycles. The highest BCUT2D eigenvalue weighted by Gasteiger charge is 2.40. The van der Waals surface area contributed by atoms with Gasteiger partial charge in [0.25, 0.3) is 0 Å². The van der Waals surface area contributed by atoms with Crippen molar-refractivity contribution in [2.75, 3.05) is 32.0 Å². The highest BCUT2D eigenvalue weighted by atomic mass is 127. The number of rotatable bonds is 5. The van der Waals surface area contributed by atoms with Crippen LogP contribution in [0.1, 0.15) is 26.3 Å². The Balaban J connectivity index is 0.00000420. The molecular formula is C18H27F3IN3O3S. The Morgan fingerprint density at radius 3 is 2.41 bits per heavy atom. The molecule has 0 radical (unpaired) electrons. The van der Waals surface area contributed by atoms with Crippen molar-refractivity contribution in [1.29, 1.82) is 0 Å². The first-order valence-corrected chi connectivity index (χ1v) is 10.6. The van der Waals surface area contributed by atoms with E-state index in [0.717, 1.165) is 5.56 Å². The minimum Gasteiger partial charge on any atom is -0.484 e. The predicted molar refractivity (Wildman–Crippen MR) is 118 cm³/mol. The molecule has 1 fully saturated rings. The van der Waals surface area contributed by atoms with Gasteiger partial charge in [0.15, 0.2) is 22.4 Å². The highest BCUT2D eigenvalue weighted by molar-refractivity contribution is 14.0. The molecule has 166 valence electrons. The first-order valence-electron chi connectivity index (χ1n) is 8.97. The van der Waals surface area contributed by atoms with E-state index < -0.39 is 27.4 Å². The molecule has 0 atom stereocenters. The summed E-state index contributed by atoms with van der Waals surface area (Å²) in [5.74, 6) is 0.818. The zero-order chi connectivity index (χ0) is 21.0. The smallest absolute Gasteiger partial charge is 0.422 e. The molecule has 6 nitrogen and oxygen atoms in total. The number of hydrogen-bond donors (Lipinski definition) is 1. The van der Waals surface area contributed by atoms with Crippen LogP contribution >= 0.6 is 24.0 Å². The summed E-state index contributed by atoms with van der Waals surface area (Å²) in [6.07, 6.45) is -4.38. The van der Waals surface area contributed by atoms with E-state index in [0.29, 0.717) is 32.1 Å². The molecule has 0 unspecified atom stereocenters. The molecule has 1 aliphatic rings. The molecule has 0 spiro atoms. The van der Waals surface area contributed by atoms with Crippen LogP contribution in [0.3, 0.4) is 0 Å². The second kappa shape index (κ2) is 10.2. The molecule has 1 saturated heterocycles. The third kappa shape index (κ3) is 7.50. The molecule has 1 aromatic rings. The molecule has 0 aromatic heterocycles. The standard InChI is InChI=1S/C18H26F3N3O3S.HI/c1-4-22-16(24-9-10-28(25,26)17(2,3)12-24)23-11-14-5-7-15(8-6-14)27-13-18(19,20)21;/h5-8H,4,9-13H2,1-3H3,(H,22,23);1H. The van der Waals surface area contributed by atoms with Gasteiger partial charge in [-0.2, -0.15) is 13.2 Å². The van der Waals surface area contributed by atoms with E-state index in [1.54, 1.807) is 26.0 Å². The van der Waals surface area contributed by atoms with Crippen LogP contribution < -0.4 is 10.1 Å². The van der Waals surface area contributed by atoms with Crippen LogP contribution in [0.4, 0.5) is 13.2 Å². The van der Waals surface area contributed by atoms with E-state index in [1.807, 2.05) is 11.8 Å². The number of nitrogens with one attached hydrogen (secondary N) is 1. The predicted octanol–water partition coefficient (Wildman–Crippen LogP) is 3.22. The summed E-state index contributed by atoms with van der Waals surface area (Å²) in [6, 6.07) is 6.26. The number of nitrogens with zero attached hydrogens (tertiary/aromatic N) is 2. The van der Waals surface area contributed by atoms with E-state index in [2.05, 4.69) is 15.0 Å². The Kier molecular flexibility index (Phi) is 9.06. The van der Waals surface area contributed by atoms with Gasteiger partial charge in [0.2, 0.25) is 0 Å². The van der Waals surface area contributed by atoms with Gasteiger partial charge in [-0.3, -0.25) is 0 Å². The number of sulfone groups is 1. The van der Waals surface area contributed by atoms with Gasteiger partial charge in [0.1, 0.15) is 5.75 Å². The molecule has 1 aliphatic heterocycles. The minimum atomic E-state index is -4.38. The van der Waals surface area contributed by atoms with Crippen LogP contribution in [0, 0.1) is 0 Å². The van der Waals surface area contributed by atoms with Gasteiger partial charge < -0.3 is 15.0 Å². The summed E-state index contributed by atoms with van der Waals surface area (Å²) in [5, 5.41) is 3.17. The van der Waals surface area contributed by atoms with Crippen molar-refractivity contribution < 1.29 is 26.3 Å². The quantitative estimate of drug-likeness (QED) is 0.347. The lowest BCUT2D eigenvalue weighted by atomic mass is 10.2. The van der Waals surface area contributed by atoms with Crippen LogP contribution in [0.5, 0.6) is 5.75 Å². The maximum Gasteiger partial charge on any atom is 0.422 e. The average Bonchev–Trinajstić information content (AvgIpc) is 2.59. The van der Waals surface area contributed by atoms with Crippen LogP contribution in [0.25, 0.3) is 0 Å². The fraction of sp³-hybridized carbons (Fsp3) is 0.611. The van der Waals surface area contributed by atoms with Gasteiger partial charge in [0.05, 0.1) is 17.0 Å². The fourth-order valence-corrected chi connectivity index (χ4v) is 4.14. The Bertz CT molecular complexity index is 797. The summed E-state index contributed by atoms with van der Waals surface area (Å²) in [7, 11) is -3.15. The SMILES string of the molecule is CCNC(=NCc1ccc(OCC(F)(F)F)cc1)N1CCS(=O)(=O)C(C)(C)C1.I. The van der Waals surface area contributed by atoms with Crippen molar-refractivity contribution in [2.45, 2.75) is 38.2 Å². The van der Waals surface area contributed by atoms with Gasteiger partial charge in [-0.25, -0.2) is 13.4 Å². The molecule has 0 saturated carbocycles. The summed E-state index contributed by atoms with van der Waals surface area (Å²) in [6.45, 7) is 5.65. The van der Waals surface area contributed by atoms with Crippen molar-refractivity contribution >= 4 is 39.8 Å². The Hall–Kier alpha value is -1.24. The van der Waals surface area contributed by atoms with Gasteiger partial charge in [-0.15, -0.1) is 24.0 Å². The molecule has 1 N–H and O–H groups in total. The summed E-state index contributed by atoms with van der Waals surface area (Å²) >= 11 is 0. The van der Waals surface area contributed by atoms with E-state index >= 15 is 0 Å². The van der Waals surface area contributed by atoms with Crippen molar-refractivity contribution in [3.05, 3.63) is 29.8 Å². The lowest BCUT2D eigenvalue weighted by Crippen LogP contribution is -2.57. The number of alkyl halides is 3. The summed E-state index contributed by atoms with van der Waals surface area (Å²) in [5.41, 5.74) is 0.804. The van der Waals surface area contributed by atoms with Crippen molar-refractivity contribution in [3.8, 4) is 5.75 Å². The highest BCUT2D eigenvalue weighted by Crippen LogP contribution is 2.24. The largest absolute Gasteiger partial charge is 0.484 e. The number of benzene rings is 1. The second-order valence-corrected chi connectivity index (χ2v) is 9.96. The lowest BCUT2D eigenvalue weighted by molar-refractivity contribution is -0.153. The number of aliphatic imine (C=N–C) groups is 1. The van der Waals surface area contributed by atoms with Gasteiger partial charge >= 0.3 is 6.18 Å². The maximum absolute atomic E-state index is 12.2. The van der Waals surface area contributed by atoms with Crippen molar-refractivity contribution in [2.24, 2.45) is 4.99 Å². The molecule has 1 aromatic carbocycles. The normalized spacial score (nSPS) is 18.7. The van der Waals surface area contributed by atoms with E-state index in [4.69, 9.17) is 0 Å². The summed E-state index contributed by atoms with van der Waals surface area (Å²) in [4.78, 5) is 6.47. The molecule has 29 heavy (non-hydrogen) atoms. The molecule has 0 amide bonds. The fourth-order valence-electron chi connectivity index (χ4n) is 2.77. The number of halogens is 4. The van der Waals surface area contributed by atoms with Crippen LogP contribution in [-0.4, -0.2) is 62.2 Å². The monoisotopic (exact) mass is 549 g/mol. The molecule has 11 heteroatoms. The molecular weight excluding hydrogens is 522 g/mol. The zero-order valence-corrected chi connectivity index (χ0v) is 19.8. The number of guanidine groups is 1. The number of hydrogen-bond acceptors (Lipinski definition) is 4. The third-order valence-corrected chi connectivity index (χ3v) is 6.95. The van der Waals surface area contributed by atoms with Gasteiger partial charge in [-0.05, 0) is 38.5 Å². The van der Waals surface area contributed by atoms with Gasteiger partial charge in [-0.1, -0.05) is 12.1 Å². The first-order chi connectivity index (χ1) is 12.9. The minimum absolute atomic E-state index is 0. The first kappa shape index (κ1) is 25.8. The van der Waals surface area contributed by atoms with Crippen LogP contribution in [0.15, 0.2) is 29.3 Å². The molecule has 0 aliphatic carbocycles. The van der Waals surface area contributed by atoms with Gasteiger partial charge in [0, 0.05) is 19.6 Å². The van der Waals surface area contributed by atoms with Crippen LogP contribution in [0.2, 0.25) is 0 Å². The summed E-state index contributed by atoms with van der Waals surface area (Å²) < 4.78 is 64.8. The van der Waals surface area contributed by atoms with E-state index in [-0.39, 0.29) is 35.5 Å². The van der Waals surface area contributed by atoms with E-state index in [9.17, 15) is 21.6 Å². The second-order valence-electron chi connectivity index (χ2n) is 7.22. The average molecular weight is 549 g/mol.